The van der Waals surface area contributed by atoms with Crippen molar-refractivity contribution in [2.45, 2.75) is 45.6 Å². The molecule has 166 valence electrons. The lowest BCUT2D eigenvalue weighted by atomic mass is 9.95. The Bertz CT molecular complexity index is 851. The molecule has 0 saturated carbocycles. The van der Waals surface area contributed by atoms with E-state index < -0.39 is 0 Å². The van der Waals surface area contributed by atoms with E-state index in [0.29, 0.717) is 12.6 Å². The average molecular weight is 421 g/mol. The number of nitriles is 1. The van der Waals surface area contributed by atoms with Gasteiger partial charge in [-0.25, -0.2) is 0 Å². The predicted octanol–water partition coefficient (Wildman–Crippen LogP) is 4.77. The number of benzene rings is 2. The molecule has 2 aromatic rings. The summed E-state index contributed by atoms with van der Waals surface area (Å²) in [6, 6.07) is 16.7. The Morgan fingerprint density at radius 1 is 1.06 bits per heavy atom. The van der Waals surface area contributed by atoms with E-state index in [-0.39, 0.29) is 0 Å². The summed E-state index contributed by atoms with van der Waals surface area (Å²) in [7, 11) is 0. The molecular weight excluding hydrogens is 384 g/mol. The normalized spacial score (nSPS) is 16.0. The van der Waals surface area contributed by atoms with E-state index in [1.807, 2.05) is 37.3 Å². The first-order valence-electron chi connectivity index (χ1n) is 11.6. The van der Waals surface area contributed by atoms with Gasteiger partial charge >= 0.3 is 0 Å². The standard InChI is InChI=1S/C26H36N4O/c1-3-4-5-6-26(22-7-8-23(20-27)21(2)19-22)30-15-13-29(14-16-30)17-18-31-25-11-9-24(28)10-12-25/h7-12,19,26H,3-6,13-18,28H2,1-2H3. The third kappa shape index (κ3) is 6.72. The van der Waals surface area contributed by atoms with Crippen LogP contribution in [0.1, 0.15) is 55.3 Å². The van der Waals surface area contributed by atoms with Crippen molar-refractivity contribution < 1.29 is 4.74 Å². The van der Waals surface area contributed by atoms with Gasteiger partial charge in [0.15, 0.2) is 0 Å². The smallest absolute Gasteiger partial charge is 0.119 e. The SMILES string of the molecule is CCCCCC(c1ccc(C#N)c(C)c1)N1CCN(CCOc2ccc(N)cc2)CC1. The Kier molecular flexibility index (Phi) is 8.75. The van der Waals surface area contributed by atoms with Crippen LogP contribution in [0, 0.1) is 18.3 Å². The zero-order valence-electron chi connectivity index (χ0n) is 19.0. The molecule has 0 aliphatic carbocycles. The van der Waals surface area contributed by atoms with Crippen LogP contribution in [0.15, 0.2) is 42.5 Å². The third-order valence-electron chi connectivity index (χ3n) is 6.24. The molecule has 1 aliphatic rings. The van der Waals surface area contributed by atoms with E-state index in [9.17, 15) is 5.26 Å². The molecule has 2 aromatic carbocycles. The van der Waals surface area contributed by atoms with E-state index in [0.717, 1.165) is 55.3 Å². The Morgan fingerprint density at radius 3 is 2.45 bits per heavy atom. The molecule has 0 aromatic heterocycles. The number of aryl methyl sites for hydroxylation is 1. The van der Waals surface area contributed by atoms with Gasteiger partial charge in [0.05, 0.1) is 11.6 Å². The minimum Gasteiger partial charge on any atom is -0.492 e. The molecule has 1 aliphatic heterocycles. The number of unbranched alkanes of at least 4 members (excludes halogenated alkanes) is 2. The molecule has 2 N–H and O–H groups in total. The summed E-state index contributed by atoms with van der Waals surface area (Å²) in [6.45, 7) is 10.2. The van der Waals surface area contributed by atoms with Gasteiger partial charge < -0.3 is 10.5 Å². The quantitative estimate of drug-likeness (QED) is 0.443. The van der Waals surface area contributed by atoms with Gasteiger partial charge in [-0.3, -0.25) is 9.80 Å². The van der Waals surface area contributed by atoms with Crippen LogP contribution in [0.4, 0.5) is 5.69 Å². The Labute approximate surface area is 187 Å². The third-order valence-corrected chi connectivity index (χ3v) is 6.24. The molecule has 5 heteroatoms. The fourth-order valence-electron chi connectivity index (χ4n) is 4.32. The molecule has 1 atom stereocenters. The van der Waals surface area contributed by atoms with Gasteiger partial charge in [-0.15, -0.1) is 0 Å². The molecule has 3 rings (SSSR count). The summed E-state index contributed by atoms with van der Waals surface area (Å²) >= 11 is 0. The van der Waals surface area contributed by atoms with Crippen LogP contribution in [-0.2, 0) is 0 Å². The largest absolute Gasteiger partial charge is 0.492 e. The Morgan fingerprint density at radius 2 is 1.81 bits per heavy atom. The summed E-state index contributed by atoms with van der Waals surface area (Å²) in [6.07, 6.45) is 4.93. The molecule has 31 heavy (non-hydrogen) atoms. The summed E-state index contributed by atoms with van der Waals surface area (Å²) < 4.78 is 5.87. The van der Waals surface area contributed by atoms with Crippen LogP contribution >= 0.6 is 0 Å². The zero-order valence-corrected chi connectivity index (χ0v) is 19.0. The van der Waals surface area contributed by atoms with Crippen LogP contribution in [0.5, 0.6) is 5.75 Å². The number of nitrogens with two attached hydrogens (primary N) is 1. The van der Waals surface area contributed by atoms with Gasteiger partial charge in [-0.05, 0) is 54.8 Å². The van der Waals surface area contributed by atoms with Crippen LogP contribution in [0.25, 0.3) is 0 Å². The van der Waals surface area contributed by atoms with E-state index >= 15 is 0 Å². The van der Waals surface area contributed by atoms with E-state index in [2.05, 4.69) is 34.9 Å². The van der Waals surface area contributed by atoms with Crippen molar-refractivity contribution >= 4 is 5.69 Å². The lowest BCUT2D eigenvalue weighted by Gasteiger charge is -2.39. The fourth-order valence-corrected chi connectivity index (χ4v) is 4.32. The first-order valence-corrected chi connectivity index (χ1v) is 11.6. The average Bonchev–Trinajstić information content (AvgIpc) is 2.79. The van der Waals surface area contributed by atoms with Crippen LogP contribution < -0.4 is 10.5 Å². The molecule has 1 unspecified atom stereocenters. The monoisotopic (exact) mass is 420 g/mol. The van der Waals surface area contributed by atoms with Crippen molar-refractivity contribution in [3.63, 3.8) is 0 Å². The summed E-state index contributed by atoms with van der Waals surface area (Å²) in [5.41, 5.74) is 9.70. The predicted molar refractivity (Wildman–Crippen MR) is 127 cm³/mol. The fraction of sp³-hybridized carbons (Fsp3) is 0.500. The van der Waals surface area contributed by atoms with E-state index in [4.69, 9.17) is 10.5 Å². The first kappa shape index (κ1) is 23.1. The molecule has 0 radical (unpaired) electrons. The van der Waals surface area contributed by atoms with E-state index in [1.165, 1.54) is 31.2 Å². The maximum Gasteiger partial charge on any atom is 0.119 e. The maximum absolute atomic E-state index is 9.27. The second-order valence-corrected chi connectivity index (χ2v) is 8.49. The minimum absolute atomic E-state index is 0.436. The topological polar surface area (TPSA) is 65.5 Å². The Hall–Kier alpha value is -2.55. The van der Waals surface area contributed by atoms with Gasteiger partial charge in [0.25, 0.3) is 0 Å². The van der Waals surface area contributed by atoms with Gasteiger partial charge in [-0.2, -0.15) is 5.26 Å². The van der Waals surface area contributed by atoms with E-state index in [1.54, 1.807) is 0 Å². The van der Waals surface area contributed by atoms with Crippen molar-refractivity contribution in [2.75, 3.05) is 45.1 Å². The van der Waals surface area contributed by atoms with Crippen molar-refractivity contribution in [1.29, 1.82) is 5.26 Å². The minimum atomic E-state index is 0.436. The van der Waals surface area contributed by atoms with Crippen LogP contribution in [0.3, 0.4) is 0 Å². The number of nitrogen functional groups attached to an aromatic ring is 1. The van der Waals surface area contributed by atoms with Crippen molar-refractivity contribution in [3.05, 3.63) is 59.2 Å². The van der Waals surface area contributed by atoms with Gasteiger partial charge in [0.2, 0.25) is 0 Å². The number of piperazine rings is 1. The summed E-state index contributed by atoms with van der Waals surface area (Å²) in [4.78, 5) is 5.12. The van der Waals surface area contributed by atoms with Crippen molar-refractivity contribution in [1.82, 2.24) is 9.80 Å². The highest BCUT2D eigenvalue weighted by atomic mass is 16.5. The Balaban J connectivity index is 1.54. The zero-order chi connectivity index (χ0) is 22.1. The number of rotatable bonds is 10. The summed E-state index contributed by atoms with van der Waals surface area (Å²) in [5, 5.41) is 9.27. The van der Waals surface area contributed by atoms with Gasteiger partial charge in [0.1, 0.15) is 12.4 Å². The highest BCUT2D eigenvalue weighted by Gasteiger charge is 2.25. The summed E-state index contributed by atoms with van der Waals surface area (Å²) in [5.74, 6) is 0.875. The number of hydrogen-bond acceptors (Lipinski definition) is 5. The first-order chi connectivity index (χ1) is 15.1. The molecule has 5 nitrogen and oxygen atoms in total. The number of ether oxygens (including phenoxy) is 1. The van der Waals surface area contributed by atoms with Crippen LogP contribution in [-0.4, -0.2) is 49.1 Å². The molecule has 1 fully saturated rings. The number of hydrogen-bond donors (Lipinski definition) is 1. The van der Waals surface area contributed by atoms with Gasteiger partial charge in [0, 0.05) is 44.5 Å². The molecular formula is C26H36N4O. The lowest BCUT2D eigenvalue weighted by molar-refractivity contribution is 0.0817. The second kappa shape index (κ2) is 11.7. The highest BCUT2D eigenvalue weighted by molar-refractivity contribution is 5.41. The molecule has 0 bridgehead atoms. The van der Waals surface area contributed by atoms with Gasteiger partial charge in [-0.1, -0.05) is 38.3 Å². The molecule has 1 heterocycles. The maximum atomic E-state index is 9.27. The lowest BCUT2D eigenvalue weighted by Crippen LogP contribution is -2.48. The van der Waals surface area contributed by atoms with Crippen molar-refractivity contribution in [3.8, 4) is 11.8 Å². The highest BCUT2D eigenvalue weighted by Crippen LogP contribution is 2.29. The molecule has 0 spiro atoms. The number of anilines is 1. The second-order valence-electron chi connectivity index (χ2n) is 8.49. The molecule has 0 amide bonds. The van der Waals surface area contributed by atoms with Crippen LogP contribution in [0.2, 0.25) is 0 Å². The molecule has 1 saturated heterocycles. The number of nitrogens with zero attached hydrogens (tertiary/aromatic N) is 3. The van der Waals surface area contributed by atoms with Crippen molar-refractivity contribution in [2.24, 2.45) is 0 Å².